The molecule has 0 bridgehead atoms. The van der Waals surface area contributed by atoms with Gasteiger partial charge in [-0.2, -0.15) is 4.98 Å². The summed E-state index contributed by atoms with van der Waals surface area (Å²) in [7, 11) is 0. The van der Waals surface area contributed by atoms with E-state index in [0.717, 1.165) is 25.7 Å². The second-order valence-corrected chi connectivity index (χ2v) is 6.35. The average molecular weight is 367 g/mol. The Bertz CT molecular complexity index is 677. The number of unbranched alkanes of at least 4 members (excludes halogenated alkanes) is 3. The zero-order chi connectivity index (χ0) is 18.9. The van der Waals surface area contributed by atoms with Crippen molar-refractivity contribution in [3.8, 4) is 0 Å². The summed E-state index contributed by atoms with van der Waals surface area (Å²) >= 11 is 0. The second-order valence-electron chi connectivity index (χ2n) is 6.35. The first kappa shape index (κ1) is 20.0. The van der Waals surface area contributed by atoms with Crippen LogP contribution in [-0.4, -0.2) is 37.7 Å². The van der Waals surface area contributed by atoms with Crippen LogP contribution in [0.1, 0.15) is 64.5 Å². The van der Waals surface area contributed by atoms with Gasteiger partial charge in [-0.25, -0.2) is 15.3 Å². The van der Waals surface area contributed by atoms with Gasteiger partial charge >= 0.3 is 5.69 Å². The Balaban J connectivity index is 1.71. The number of amides is 2. The maximum atomic E-state index is 12.1. The molecule has 3 N–H and O–H groups in total. The van der Waals surface area contributed by atoms with Crippen molar-refractivity contribution in [2.24, 2.45) is 0 Å². The number of anilines is 1. The molecule has 2 rings (SSSR count). The first-order valence-electron chi connectivity index (χ1n) is 8.83. The highest BCUT2D eigenvalue weighted by molar-refractivity contribution is 5.88. The number of aromatic nitrogens is 3. The molecular formula is C16H25N5O5. The summed E-state index contributed by atoms with van der Waals surface area (Å²) in [6.07, 6.45) is 6.11. The Hall–Kier alpha value is -2.33. The number of carbonyl (C=O) groups is 2. The molecule has 2 atom stereocenters. The van der Waals surface area contributed by atoms with Gasteiger partial charge in [0.15, 0.2) is 0 Å². The van der Waals surface area contributed by atoms with Crippen LogP contribution in [0.25, 0.3) is 0 Å². The van der Waals surface area contributed by atoms with E-state index in [2.05, 4.69) is 15.3 Å². The molecular weight excluding hydrogens is 342 g/mol. The highest BCUT2D eigenvalue weighted by Crippen LogP contribution is 2.26. The number of rotatable bonds is 9. The fraction of sp³-hybridized carbons (Fsp3) is 0.688. The monoisotopic (exact) mass is 367 g/mol. The summed E-state index contributed by atoms with van der Waals surface area (Å²) in [5.41, 5.74) is 1.07. The van der Waals surface area contributed by atoms with E-state index < -0.39 is 11.6 Å². The molecule has 1 saturated heterocycles. The molecule has 0 saturated carbocycles. The Morgan fingerprint density at radius 1 is 1.23 bits per heavy atom. The van der Waals surface area contributed by atoms with Gasteiger partial charge in [0, 0.05) is 12.8 Å². The largest absolute Gasteiger partial charge is 0.355 e. The molecule has 1 aliphatic rings. The summed E-state index contributed by atoms with van der Waals surface area (Å²) in [6, 6.07) is 0. The molecule has 1 aliphatic heterocycles. The summed E-state index contributed by atoms with van der Waals surface area (Å²) in [6.45, 7) is 1.95. The lowest BCUT2D eigenvalue weighted by molar-refractivity contribution is -0.129. The van der Waals surface area contributed by atoms with Crippen molar-refractivity contribution in [1.29, 1.82) is 0 Å². The topological polar surface area (TPSA) is 135 Å². The molecule has 2 amide bonds. The van der Waals surface area contributed by atoms with Gasteiger partial charge in [-0.3, -0.25) is 24.7 Å². The maximum absolute atomic E-state index is 12.1. The van der Waals surface area contributed by atoms with Crippen LogP contribution in [0.2, 0.25) is 0 Å². The zero-order valence-electron chi connectivity index (χ0n) is 14.8. The Labute approximate surface area is 150 Å². The van der Waals surface area contributed by atoms with Gasteiger partial charge in [0.25, 0.3) is 0 Å². The van der Waals surface area contributed by atoms with Gasteiger partial charge in [0.2, 0.25) is 17.8 Å². The van der Waals surface area contributed by atoms with E-state index in [-0.39, 0.29) is 37.0 Å². The molecule has 2 heterocycles. The standard InChI is InChI=1S/C16H25N5O5/c1-11-8-9-14(26-11)21-10-17-15(19-16(21)24)18-12(22)6-4-2-3-5-7-13(23)20-25/h10-11,14,25H,2-9H2,1H3,(H,20,23)(H,18,19,22,24). The lowest BCUT2D eigenvalue weighted by Gasteiger charge is -2.13. The molecule has 10 heteroatoms. The van der Waals surface area contributed by atoms with Crippen LogP contribution in [0.3, 0.4) is 0 Å². The van der Waals surface area contributed by atoms with Gasteiger partial charge in [-0.1, -0.05) is 12.8 Å². The van der Waals surface area contributed by atoms with Gasteiger partial charge in [0.1, 0.15) is 12.6 Å². The molecule has 10 nitrogen and oxygen atoms in total. The normalized spacial score (nSPS) is 19.3. The molecule has 1 aromatic heterocycles. The molecule has 0 aliphatic carbocycles. The van der Waals surface area contributed by atoms with Crippen LogP contribution in [-0.2, 0) is 14.3 Å². The fourth-order valence-corrected chi connectivity index (χ4v) is 2.76. The lowest BCUT2D eigenvalue weighted by Crippen LogP contribution is -2.29. The van der Waals surface area contributed by atoms with Crippen molar-refractivity contribution < 1.29 is 19.5 Å². The Morgan fingerprint density at radius 3 is 2.50 bits per heavy atom. The van der Waals surface area contributed by atoms with E-state index >= 15 is 0 Å². The quantitative estimate of drug-likeness (QED) is 0.338. The average Bonchev–Trinajstić information content (AvgIpc) is 3.03. The van der Waals surface area contributed by atoms with Gasteiger partial charge in [-0.05, 0) is 32.6 Å². The van der Waals surface area contributed by atoms with Crippen molar-refractivity contribution in [3.05, 3.63) is 16.8 Å². The molecule has 2 unspecified atom stereocenters. The number of hydroxylamine groups is 1. The van der Waals surface area contributed by atoms with Crippen LogP contribution in [0.5, 0.6) is 0 Å². The first-order valence-corrected chi connectivity index (χ1v) is 8.83. The van der Waals surface area contributed by atoms with E-state index in [9.17, 15) is 14.4 Å². The third-order valence-electron chi connectivity index (χ3n) is 4.18. The molecule has 0 radical (unpaired) electrons. The SMILES string of the molecule is CC1CCC(n2cnc(NC(=O)CCCCCCC(=O)NO)nc2=O)O1. The summed E-state index contributed by atoms with van der Waals surface area (Å²) in [4.78, 5) is 42.6. The molecule has 1 aromatic rings. The Morgan fingerprint density at radius 2 is 1.92 bits per heavy atom. The predicted octanol–water partition coefficient (Wildman–Crippen LogP) is 1.12. The van der Waals surface area contributed by atoms with Crippen molar-refractivity contribution in [2.75, 3.05) is 5.32 Å². The lowest BCUT2D eigenvalue weighted by atomic mass is 10.1. The summed E-state index contributed by atoms with van der Waals surface area (Å²) < 4.78 is 6.95. The minimum absolute atomic E-state index is 0.0121. The summed E-state index contributed by atoms with van der Waals surface area (Å²) in [5.74, 6) is -0.685. The van der Waals surface area contributed by atoms with Crippen LogP contribution >= 0.6 is 0 Å². The van der Waals surface area contributed by atoms with Crippen molar-refractivity contribution >= 4 is 17.8 Å². The van der Waals surface area contributed by atoms with Gasteiger partial charge in [0.05, 0.1) is 6.10 Å². The van der Waals surface area contributed by atoms with Crippen LogP contribution in [0.15, 0.2) is 11.1 Å². The van der Waals surface area contributed by atoms with E-state index in [1.54, 1.807) is 5.48 Å². The molecule has 26 heavy (non-hydrogen) atoms. The minimum atomic E-state index is -0.503. The number of hydrogen-bond donors (Lipinski definition) is 3. The van der Waals surface area contributed by atoms with E-state index in [4.69, 9.17) is 9.94 Å². The molecule has 0 spiro atoms. The fourth-order valence-electron chi connectivity index (χ4n) is 2.76. The molecule has 0 aromatic carbocycles. The van der Waals surface area contributed by atoms with Crippen molar-refractivity contribution in [3.63, 3.8) is 0 Å². The smallest absolute Gasteiger partial charge is 0.354 e. The highest BCUT2D eigenvalue weighted by atomic mass is 16.5. The van der Waals surface area contributed by atoms with E-state index in [1.165, 1.54) is 10.9 Å². The third kappa shape index (κ3) is 6.19. The number of carbonyl (C=O) groups excluding carboxylic acids is 2. The number of nitrogens with one attached hydrogen (secondary N) is 2. The zero-order valence-corrected chi connectivity index (χ0v) is 14.8. The van der Waals surface area contributed by atoms with E-state index in [1.807, 2.05) is 6.92 Å². The van der Waals surface area contributed by atoms with Crippen LogP contribution in [0, 0.1) is 0 Å². The predicted molar refractivity (Wildman–Crippen MR) is 91.4 cm³/mol. The van der Waals surface area contributed by atoms with Crippen LogP contribution < -0.4 is 16.5 Å². The second kappa shape index (κ2) is 9.97. The summed E-state index contributed by atoms with van der Waals surface area (Å²) in [5, 5.41) is 10.9. The highest BCUT2D eigenvalue weighted by Gasteiger charge is 2.24. The third-order valence-corrected chi connectivity index (χ3v) is 4.18. The Kier molecular flexibility index (Phi) is 7.67. The minimum Gasteiger partial charge on any atom is -0.355 e. The maximum Gasteiger partial charge on any atom is 0.354 e. The molecule has 1 fully saturated rings. The number of ether oxygens (including phenoxy) is 1. The number of nitrogens with zero attached hydrogens (tertiary/aromatic N) is 3. The number of hydrogen-bond acceptors (Lipinski definition) is 7. The van der Waals surface area contributed by atoms with Crippen molar-refractivity contribution in [1.82, 2.24) is 20.0 Å². The van der Waals surface area contributed by atoms with E-state index in [0.29, 0.717) is 12.8 Å². The first-order chi connectivity index (χ1) is 12.5. The molecule has 144 valence electrons. The van der Waals surface area contributed by atoms with Gasteiger partial charge in [-0.15, -0.1) is 0 Å². The van der Waals surface area contributed by atoms with Crippen molar-refractivity contribution in [2.45, 2.75) is 70.6 Å². The van der Waals surface area contributed by atoms with Crippen LogP contribution in [0.4, 0.5) is 5.95 Å². The van der Waals surface area contributed by atoms with Gasteiger partial charge < -0.3 is 4.74 Å².